The van der Waals surface area contributed by atoms with Crippen LogP contribution in [0, 0.1) is 5.92 Å². The molecule has 0 spiro atoms. The number of anilines is 1. The van der Waals surface area contributed by atoms with Gasteiger partial charge in [-0.25, -0.2) is 13.3 Å². The van der Waals surface area contributed by atoms with Crippen molar-refractivity contribution in [1.29, 1.82) is 0 Å². The second kappa shape index (κ2) is 17.2. The van der Waals surface area contributed by atoms with Gasteiger partial charge in [0.25, 0.3) is 0 Å². The Morgan fingerprint density at radius 3 is 2.33 bits per heavy atom. The zero-order valence-electron chi connectivity index (χ0n) is 23.8. The standard InChI is InChI=1S/C29H43ClN4O5S/c1-20(2)16-17-34(40(38)25-14-12-23(31)13-15-25)24(19-35)10-7-8-21(3)32-28(36)27(33-29(37)39-4)18-22-9-5-6-11-26(22)30/h5-6,9,11-15,20-21,24,27,35H,7-8,10,16-19,31H2,1-4H3,(H,32,36)(H,33,37)/t21?,24?,27-,40?/m0/s1. The van der Waals surface area contributed by atoms with Crippen LogP contribution in [-0.4, -0.2) is 64.0 Å². The Hall–Kier alpha value is -2.66. The van der Waals surface area contributed by atoms with Crippen molar-refractivity contribution >= 4 is 40.3 Å². The van der Waals surface area contributed by atoms with Crippen LogP contribution in [0.3, 0.4) is 0 Å². The molecular formula is C29H43ClN4O5S. The Kier molecular flexibility index (Phi) is 14.4. The molecule has 0 aliphatic rings. The monoisotopic (exact) mass is 594 g/mol. The number of carbonyl (C=O) groups is 2. The number of nitrogen functional groups attached to an aromatic ring is 1. The third kappa shape index (κ3) is 11.1. The fourth-order valence-electron chi connectivity index (χ4n) is 4.20. The molecule has 0 heterocycles. The zero-order valence-corrected chi connectivity index (χ0v) is 25.3. The van der Waals surface area contributed by atoms with E-state index < -0.39 is 23.1 Å². The number of carbonyl (C=O) groups excluding carboxylic acids is 2. The van der Waals surface area contributed by atoms with Gasteiger partial charge in [-0.1, -0.05) is 43.6 Å². The van der Waals surface area contributed by atoms with E-state index in [0.29, 0.717) is 47.3 Å². The van der Waals surface area contributed by atoms with Gasteiger partial charge in [0.2, 0.25) is 5.91 Å². The molecule has 0 saturated carbocycles. The number of hydrogen-bond acceptors (Lipinski definition) is 6. The van der Waals surface area contributed by atoms with Gasteiger partial charge in [-0.2, -0.15) is 0 Å². The van der Waals surface area contributed by atoms with E-state index in [-0.39, 0.29) is 31.0 Å². The highest BCUT2D eigenvalue weighted by molar-refractivity contribution is 7.82. The summed E-state index contributed by atoms with van der Waals surface area (Å²) in [7, 11) is -0.208. The number of methoxy groups -OCH3 is 1. The minimum atomic E-state index is -1.45. The quantitative estimate of drug-likeness (QED) is 0.214. The van der Waals surface area contributed by atoms with E-state index in [1.54, 1.807) is 42.5 Å². The Balaban J connectivity index is 2.01. The summed E-state index contributed by atoms with van der Waals surface area (Å²) in [5.74, 6) is 0.0670. The van der Waals surface area contributed by atoms with Crippen molar-refractivity contribution in [1.82, 2.24) is 14.9 Å². The maximum Gasteiger partial charge on any atom is 0.407 e. The normalized spacial score (nSPS) is 14.4. The van der Waals surface area contributed by atoms with Crippen LogP contribution < -0.4 is 16.4 Å². The summed E-state index contributed by atoms with van der Waals surface area (Å²) < 4.78 is 20.0. The van der Waals surface area contributed by atoms with Crippen LogP contribution in [0.25, 0.3) is 0 Å². The molecule has 11 heteroatoms. The molecule has 0 fully saturated rings. The predicted molar refractivity (Wildman–Crippen MR) is 160 cm³/mol. The fourth-order valence-corrected chi connectivity index (χ4v) is 5.77. The molecular weight excluding hydrogens is 552 g/mol. The van der Waals surface area contributed by atoms with E-state index in [1.807, 2.05) is 17.3 Å². The van der Waals surface area contributed by atoms with Gasteiger partial charge < -0.3 is 26.2 Å². The second-order valence-electron chi connectivity index (χ2n) is 10.3. The Morgan fingerprint density at radius 2 is 1.73 bits per heavy atom. The lowest BCUT2D eigenvalue weighted by Crippen LogP contribution is -2.50. The first kappa shape index (κ1) is 33.5. The van der Waals surface area contributed by atoms with Crippen LogP contribution in [0.4, 0.5) is 10.5 Å². The summed E-state index contributed by atoms with van der Waals surface area (Å²) >= 11 is 6.27. The van der Waals surface area contributed by atoms with Crippen LogP contribution >= 0.6 is 11.6 Å². The largest absolute Gasteiger partial charge is 0.453 e. The molecule has 5 N–H and O–H groups in total. The molecule has 2 aromatic rings. The van der Waals surface area contributed by atoms with E-state index in [4.69, 9.17) is 22.1 Å². The molecule has 0 bridgehead atoms. The van der Waals surface area contributed by atoms with Crippen molar-refractivity contribution in [3.05, 3.63) is 59.1 Å². The fraction of sp³-hybridized carbons (Fsp3) is 0.517. The van der Waals surface area contributed by atoms with Crippen LogP contribution in [0.5, 0.6) is 0 Å². The molecule has 2 aromatic carbocycles. The van der Waals surface area contributed by atoms with Crippen LogP contribution in [-0.2, 0) is 26.9 Å². The minimum Gasteiger partial charge on any atom is -0.453 e. The number of nitrogens with two attached hydrogens (primary N) is 1. The first-order valence-electron chi connectivity index (χ1n) is 13.6. The lowest BCUT2D eigenvalue weighted by atomic mass is 10.0. The number of amides is 2. The molecule has 0 aliphatic heterocycles. The van der Waals surface area contributed by atoms with Gasteiger partial charge in [0, 0.05) is 35.8 Å². The zero-order chi connectivity index (χ0) is 29.7. The number of ether oxygens (including phenoxy) is 1. The number of hydrogen-bond donors (Lipinski definition) is 4. The summed E-state index contributed by atoms with van der Waals surface area (Å²) in [5, 5.41) is 16.3. The van der Waals surface area contributed by atoms with Crippen molar-refractivity contribution in [3.8, 4) is 0 Å². The van der Waals surface area contributed by atoms with E-state index in [9.17, 15) is 18.9 Å². The van der Waals surface area contributed by atoms with Crippen LogP contribution in [0.1, 0.15) is 52.0 Å². The van der Waals surface area contributed by atoms with Crippen molar-refractivity contribution in [2.45, 2.75) is 75.9 Å². The number of nitrogens with one attached hydrogen (secondary N) is 2. The molecule has 4 atom stereocenters. The molecule has 0 saturated heterocycles. The van der Waals surface area contributed by atoms with Gasteiger partial charge in [0.15, 0.2) is 0 Å². The van der Waals surface area contributed by atoms with Crippen LogP contribution in [0.2, 0.25) is 5.02 Å². The first-order chi connectivity index (χ1) is 19.0. The molecule has 0 aliphatic carbocycles. The lowest BCUT2D eigenvalue weighted by Gasteiger charge is -2.30. The number of aliphatic hydroxyl groups excluding tert-OH is 1. The van der Waals surface area contributed by atoms with Gasteiger partial charge in [-0.15, -0.1) is 0 Å². The Morgan fingerprint density at radius 1 is 1.05 bits per heavy atom. The summed E-state index contributed by atoms with van der Waals surface area (Å²) in [6, 6.07) is 12.7. The van der Waals surface area contributed by atoms with Gasteiger partial charge in [-0.3, -0.25) is 4.79 Å². The molecule has 0 aromatic heterocycles. The summed E-state index contributed by atoms with van der Waals surface area (Å²) in [6.45, 7) is 6.55. The van der Waals surface area contributed by atoms with Crippen molar-refractivity contribution in [2.24, 2.45) is 5.92 Å². The maximum atomic E-state index is 13.4. The first-order valence-corrected chi connectivity index (χ1v) is 15.1. The number of aliphatic hydroxyl groups is 1. The number of benzene rings is 2. The average molecular weight is 595 g/mol. The topological polar surface area (TPSA) is 134 Å². The van der Waals surface area contributed by atoms with E-state index >= 15 is 0 Å². The SMILES string of the molecule is COC(=O)N[C@@H](Cc1ccccc1Cl)C(=O)NC(C)CCCC(CO)N(CCC(C)C)S(=O)c1ccc(N)cc1. The smallest absolute Gasteiger partial charge is 0.407 e. The molecule has 0 radical (unpaired) electrons. The number of halogens is 1. The van der Waals surface area contributed by atoms with Crippen molar-refractivity contribution < 1.29 is 23.6 Å². The number of nitrogens with zero attached hydrogens (tertiary/aromatic N) is 1. The summed E-state index contributed by atoms with van der Waals surface area (Å²) in [4.78, 5) is 25.6. The van der Waals surface area contributed by atoms with Gasteiger partial charge in [0.05, 0.1) is 18.6 Å². The maximum absolute atomic E-state index is 13.4. The second-order valence-corrected chi connectivity index (χ2v) is 12.1. The van der Waals surface area contributed by atoms with Crippen LogP contribution in [0.15, 0.2) is 53.4 Å². The van der Waals surface area contributed by atoms with E-state index in [1.165, 1.54) is 7.11 Å². The average Bonchev–Trinajstić information content (AvgIpc) is 2.92. The summed E-state index contributed by atoms with van der Waals surface area (Å²) in [5.41, 5.74) is 7.12. The third-order valence-electron chi connectivity index (χ3n) is 6.58. The van der Waals surface area contributed by atoms with E-state index in [2.05, 4.69) is 24.5 Å². The molecule has 2 amide bonds. The lowest BCUT2D eigenvalue weighted by molar-refractivity contribution is -0.123. The minimum absolute atomic E-state index is 0.136. The van der Waals surface area contributed by atoms with Gasteiger partial charge in [-0.05, 0) is 74.4 Å². The molecule has 9 nitrogen and oxygen atoms in total. The Labute approximate surface area is 245 Å². The molecule has 40 heavy (non-hydrogen) atoms. The Bertz CT molecular complexity index is 1100. The molecule has 3 unspecified atom stereocenters. The van der Waals surface area contributed by atoms with E-state index in [0.717, 1.165) is 12.0 Å². The summed E-state index contributed by atoms with van der Waals surface area (Å²) in [6.07, 6.45) is 2.25. The van der Waals surface area contributed by atoms with Gasteiger partial charge in [0.1, 0.15) is 17.0 Å². The van der Waals surface area contributed by atoms with Crippen molar-refractivity contribution in [3.63, 3.8) is 0 Å². The highest BCUT2D eigenvalue weighted by Crippen LogP contribution is 2.21. The highest BCUT2D eigenvalue weighted by Gasteiger charge is 2.26. The third-order valence-corrected chi connectivity index (χ3v) is 8.53. The number of rotatable bonds is 16. The highest BCUT2D eigenvalue weighted by atomic mass is 35.5. The van der Waals surface area contributed by atoms with Crippen molar-refractivity contribution in [2.75, 3.05) is 26.0 Å². The number of alkyl carbamates (subject to hydrolysis) is 1. The molecule has 2 rings (SSSR count). The predicted octanol–water partition coefficient (Wildman–Crippen LogP) is 4.30. The van der Waals surface area contributed by atoms with Gasteiger partial charge >= 0.3 is 6.09 Å². The molecule has 222 valence electrons.